The van der Waals surface area contributed by atoms with Crippen LogP contribution in [0.1, 0.15) is 17.0 Å². The fourth-order valence-electron chi connectivity index (χ4n) is 2.51. The highest BCUT2D eigenvalue weighted by Gasteiger charge is 2.20. The van der Waals surface area contributed by atoms with Crippen molar-refractivity contribution in [3.8, 4) is 0 Å². The molecule has 0 spiro atoms. The van der Waals surface area contributed by atoms with Crippen LogP contribution in [-0.4, -0.2) is 54.6 Å². The Morgan fingerprint density at radius 2 is 2.22 bits per heavy atom. The van der Waals surface area contributed by atoms with E-state index in [1.165, 1.54) is 11.3 Å². The van der Waals surface area contributed by atoms with Crippen LogP contribution in [0, 0.1) is 13.8 Å². The maximum absolute atomic E-state index is 5.80. The van der Waals surface area contributed by atoms with Crippen LogP contribution in [0.25, 0.3) is 0 Å². The highest BCUT2D eigenvalue weighted by Crippen LogP contribution is 2.14. The molecule has 5 nitrogen and oxygen atoms in total. The van der Waals surface area contributed by atoms with E-state index in [2.05, 4.69) is 40.9 Å². The molecule has 0 bridgehead atoms. The second kappa shape index (κ2) is 5.82. The van der Waals surface area contributed by atoms with Crippen LogP contribution in [0.5, 0.6) is 0 Å². The van der Waals surface area contributed by atoms with E-state index in [4.69, 9.17) is 4.74 Å². The van der Waals surface area contributed by atoms with Gasteiger partial charge in [-0.15, -0.1) is 0 Å². The molecule has 1 aromatic heterocycles. The quantitative estimate of drug-likeness (QED) is 0.850. The molecule has 1 aliphatic rings. The summed E-state index contributed by atoms with van der Waals surface area (Å²) in [5.41, 5.74) is 3.67. The van der Waals surface area contributed by atoms with Crippen molar-refractivity contribution < 1.29 is 4.74 Å². The minimum atomic E-state index is 0.254. The summed E-state index contributed by atoms with van der Waals surface area (Å²) in [7, 11) is 4.11. The van der Waals surface area contributed by atoms with Gasteiger partial charge >= 0.3 is 0 Å². The van der Waals surface area contributed by atoms with Crippen molar-refractivity contribution >= 4 is 0 Å². The number of rotatable bonds is 4. The predicted molar refractivity (Wildman–Crippen MR) is 71.7 cm³/mol. The lowest BCUT2D eigenvalue weighted by molar-refractivity contribution is -0.0293. The molecule has 1 N–H and O–H groups in total. The van der Waals surface area contributed by atoms with Crippen molar-refractivity contribution in [3.05, 3.63) is 17.0 Å². The molecule has 18 heavy (non-hydrogen) atoms. The maximum Gasteiger partial charge on any atom is 0.0898 e. The molecule has 1 fully saturated rings. The number of morpholine rings is 1. The highest BCUT2D eigenvalue weighted by atomic mass is 16.5. The van der Waals surface area contributed by atoms with E-state index in [1.807, 2.05) is 7.05 Å². The number of hydrogen-bond acceptors (Lipinski definition) is 4. The summed E-state index contributed by atoms with van der Waals surface area (Å²) in [6.45, 7) is 8.77. The van der Waals surface area contributed by atoms with Crippen LogP contribution in [-0.2, 0) is 17.8 Å². The van der Waals surface area contributed by atoms with Gasteiger partial charge < -0.3 is 15.0 Å². The molecule has 1 aromatic rings. The molecular weight excluding hydrogens is 228 g/mol. The van der Waals surface area contributed by atoms with Gasteiger partial charge in [-0.1, -0.05) is 0 Å². The number of likely N-dealkylation sites (N-methyl/N-ethyl adjacent to an activating group) is 1. The first kappa shape index (κ1) is 13.5. The molecule has 1 unspecified atom stereocenters. The molecule has 0 aromatic carbocycles. The van der Waals surface area contributed by atoms with Gasteiger partial charge in [-0.25, -0.2) is 0 Å². The molecule has 5 heteroatoms. The lowest BCUT2D eigenvalue weighted by atomic mass is 10.2. The molecule has 0 aliphatic carbocycles. The number of hydrogen-bond donors (Lipinski definition) is 1. The molecule has 0 amide bonds. The summed E-state index contributed by atoms with van der Waals surface area (Å²) in [6.07, 6.45) is 0.254. The fraction of sp³-hybridized carbons (Fsp3) is 0.769. The Kier molecular flexibility index (Phi) is 4.37. The first-order chi connectivity index (χ1) is 8.61. The first-order valence-electron chi connectivity index (χ1n) is 6.59. The van der Waals surface area contributed by atoms with E-state index in [9.17, 15) is 0 Å². The number of aromatic nitrogens is 2. The van der Waals surface area contributed by atoms with Crippen LogP contribution < -0.4 is 5.32 Å². The average Bonchev–Trinajstić information content (AvgIpc) is 2.57. The third kappa shape index (κ3) is 2.91. The summed E-state index contributed by atoms with van der Waals surface area (Å²) in [5, 5.41) is 7.82. The Hall–Kier alpha value is -0.910. The molecule has 1 atom stereocenters. The van der Waals surface area contributed by atoms with Gasteiger partial charge in [0.2, 0.25) is 0 Å². The normalized spacial score (nSPS) is 21.4. The largest absolute Gasteiger partial charge is 0.374 e. The summed E-state index contributed by atoms with van der Waals surface area (Å²) in [5.74, 6) is 0. The van der Waals surface area contributed by atoms with Crippen molar-refractivity contribution in [2.45, 2.75) is 33.0 Å². The summed E-state index contributed by atoms with van der Waals surface area (Å²) in [4.78, 5) is 2.31. The van der Waals surface area contributed by atoms with Crippen LogP contribution >= 0.6 is 0 Å². The summed E-state index contributed by atoms with van der Waals surface area (Å²) < 4.78 is 7.89. The lowest BCUT2D eigenvalue weighted by Crippen LogP contribution is -2.42. The molecule has 102 valence electrons. The number of nitrogens with one attached hydrogen (secondary N) is 1. The van der Waals surface area contributed by atoms with E-state index in [0.717, 1.165) is 38.5 Å². The third-order valence-electron chi connectivity index (χ3n) is 3.60. The van der Waals surface area contributed by atoms with Crippen molar-refractivity contribution in [1.29, 1.82) is 0 Å². The average molecular weight is 252 g/mol. The van der Waals surface area contributed by atoms with Crippen molar-refractivity contribution in [2.75, 3.05) is 33.8 Å². The van der Waals surface area contributed by atoms with Gasteiger partial charge in [0.05, 0.1) is 24.9 Å². The van der Waals surface area contributed by atoms with E-state index in [0.29, 0.717) is 0 Å². The zero-order chi connectivity index (χ0) is 13.1. The minimum Gasteiger partial charge on any atom is -0.374 e. The molecule has 0 radical (unpaired) electrons. The zero-order valence-corrected chi connectivity index (χ0v) is 11.9. The smallest absolute Gasteiger partial charge is 0.0898 e. The number of nitrogens with zero attached hydrogens (tertiary/aromatic N) is 3. The molecule has 0 saturated carbocycles. The summed E-state index contributed by atoms with van der Waals surface area (Å²) in [6, 6.07) is 0. The molecule has 2 heterocycles. The molecule has 2 rings (SSSR count). The number of ether oxygens (including phenoxy) is 1. The standard InChI is InChI=1S/C13H24N4O/c1-10-13(7-14-3)11(2)17(15-10)9-12-8-16(4)5-6-18-12/h12,14H,5-9H2,1-4H3. The minimum absolute atomic E-state index is 0.254. The first-order valence-corrected chi connectivity index (χ1v) is 6.59. The topological polar surface area (TPSA) is 42.3 Å². The Labute approximate surface area is 109 Å². The molecule has 1 saturated heterocycles. The van der Waals surface area contributed by atoms with Crippen molar-refractivity contribution in [2.24, 2.45) is 0 Å². The van der Waals surface area contributed by atoms with Gasteiger partial charge in [0.25, 0.3) is 0 Å². The lowest BCUT2D eigenvalue weighted by Gasteiger charge is -2.30. The second-order valence-corrected chi connectivity index (χ2v) is 5.12. The summed E-state index contributed by atoms with van der Waals surface area (Å²) >= 11 is 0. The van der Waals surface area contributed by atoms with Gasteiger partial charge in [-0.2, -0.15) is 5.10 Å². The van der Waals surface area contributed by atoms with Crippen LogP contribution in [0.3, 0.4) is 0 Å². The van der Waals surface area contributed by atoms with Gasteiger partial charge in [0.1, 0.15) is 0 Å². The van der Waals surface area contributed by atoms with Crippen LogP contribution in [0.4, 0.5) is 0 Å². The molecular formula is C13H24N4O. The van der Waals surface area contributed by atoms with E-state index in [-0.39, 0.29) is 6.10 Å². The van der Waals surface area contributed by atoms with E-state index >= 15 is 0 Å². The predicted octanol–water partition coefficient (Wildman–Crippen LogP) is 0.550. The maximum atomic E-state index is 5.80. The Morgan fingerprint density at radius 3 is 2.89 bits per heavy atom. The van der Waals surface area contributed by atoms with Crippen LogP contribution in [0.2, 0.25) is 0 Å². The fourth-order valence-corrected chi connectivity index (χ4v) is 2.51. The Morgan fingerprint density at radius 1 is 1.44 bits per heavy atom. The van der Waals surface area contributed by atoms with Gasteiger partial charge in [-0.3, -0.25) is 4.68 Å². The Balaban J connectivity index is 2.07. The second-order valence-electron chi connectivity index (χ2n) is 5.12. The van der Waals surface area contributed by atoms with E-state index in [1.54, 1.807) is 0 Å². The Bertz CT molecular complexity index is 402. The van der Waals surface area contributed by atoms with Gasteiger partial charge in [0, 0.05) is 30.9 Å². The van der Waals surface area contributed by atoms with Crippen LogP contribution in [0.15, 0.2) is 0 Å². The monoisotopic (exact) mass is 252 g/mol. The zero-order valence-electron chi connectivity index (χ0n) is 11.9. The number of aryl methyl sites for hydroxylation is 1. The van der Waals surface area contributed by atoms with Crippen molar-refractivity contribution in [3.63, 3.8) is 0 Å². The van der Waals surface area contributed by atoms with Crippen molar-refractivity contribution in [1.82, 2.24) is 20.0 Å². The molecule has 1 aliphatic heterocycles. The van der Waals surface area contributed by atoms with E-state index < -0.39 is 0 Å². The third-order valence-corrected chi connectivity index (χ3v) is 3.60. The SMILES string of the molecule is CNCc1c(C)nn(CC2CN(C)CCO2)c1C. The highest BCUT2D eigenvalue weighted by molar-refractivity contribution is 5.24. The van der Waals surface area contributed by atoms with Gasteiger partial charge in [-0.05, 0) is 27.9 Å². The van der Waals surface area contributed by atoms with Gasteiger partial charge in [0.15, 0.2) is 0 Å².